The molecule has 3 N–H and O–H groups in total. The Kier molecular flexibility index (Phi) is 12.8. The largest absolute Gasteiger partial charge is 0.514 e. The van der Waals surface area contributed by atoms with E-state index in [0.717, 1.165) is 0 Å². The van der Waals surface area contributed by atoms with Gasteiger partial charge in [0.1, 0.15) is 17.4 Å². The van der Waals surface area contributed by atoms with Crippen molar-refractivity contribution in [1.82, 2.24) is 0 Å². The smallest absolute Gasteiger partial charge is 0.480 e. The Morgan fingerprint density at radius 1 is 0.805 bits per heavy atom. The molecule has 1 unspecified atom stereocenters. The molecular formula is C31H41NO9. The number of carbonyl (C=O) groups is 4. The minimum absolute atomic E-state index is 0.00220. The van der Waals surface area contributed by atoms with Crippen molar-refractivity contribution in [3.05, 3.63) is 54.1 Å². The van der Waals surface area contributed by atoms with Crippen molar-refractivity contribution in [1.29, 1.82) is 0 Å². The first-order valence-corrected chi connectivity index (χ1v) is 13.8. The highest BCUT2D eigenvalue weighted by Gasteiger charge is 2.37. The molecule has 0 aliphatic rings. The predicted octanol–water partition coefficient (Wildman–Crippen LogP) is 5.69. The SMILES string of the molecule is CC(C)CCC(=O)Oc1ccc(CC(N)(C[C@H](C)OC(=O)Oc2ccccc2)C(=O)O)cc1OC(=O)CCC(C)C. The summed E-state index contributed by atoms with van der Waals surface area (Å²) in [6.45, 7) is 9.45. The maximum absolute atomic E-state index is 12.5. The molecule has 224 valence electrons. The monoisotopic (exact) mass is 571 g/mol. The molecule has 41 heavy (non-hydrogen) atoms. The van der Waals surface area contributed by atoms with Gasteiger partial charge in [0.05, 0.1) is 0 Å². The van der Waals surface area contributed by atoms with Gasteiger partial charge in [-0.25, -0.2) is 4.79 Å². The van der Waals surface area contributed by atoms with Crippen LogP contribution in [-0.4, -0.2) is 40.8 Å². The van der Waals surface area contributed by atoms with Crippen LogP contribution in [0.5, 0.6) is 17.2 Å². The molecule has 10 heteroatoms. The van der Waals surface area contributed by atoms with E-state index in [1.165, 1.54) is 19.1 Å². The number of esters is 2. The summed E-state index contributed by atoms with van der Waals surface area (Å²) in [5.74, 6) is -1.38. The van der Waals surface area contributed by atoms with Crippen LogP contribution < -0.4 is 19.9 Å². The third-order valence-electron chi connectivity index (χ3n) is 6.15. The van der Waals surface area contributed by atoms with Crippen LogP contribution in [-0.2, 0) is 25.5 Å². The van der Waals surface area contributed by atoms with E-state index in [4.69, 9.17) is 24.7 Å². The van der Waals surface area contributed by atoms with Gasteiger partial charge in [0, 0.05) is 25.7 Å². The van der Waals surface area contributed by atoms with Crippen molar-refractivity contribution in [2.75, 3.05) is 0 Å². The fourth-order valence-corrected chi connectivity index (χ4v) is 3.91. The van der Waals surface area contributed by atoms with Crippen LogP contribution >= 0.6 is 0 Å². The molecule has 10 nitrogen and oxygen atoms in total. The van der Waals surface area contributed by atoms with Gasteiger partial charge in [0.25, 0.3) is 0 Å². The number of carbonyl (C=O) groups excluding carboxylic acids is 3. The van der Waals surface area contributed by atoms with Gasteiger partial charge in [-0.1, -0.05) is 52.0 Å². The number of carboxylic acid groups (broad SMARTS) is 1. The maximum Gasteiger partial charge on any atom is 0.514 e. The quantitative estimate of drug-likeness (QED) is 0.155. The van der Waals surface area contributed by atoms with Crippen LogP contribution in [0.15, 0.2) is 48.5 Å². The lowest BCUT2D eigenvalue weighted by atomic mass is 9.86. The number of rotatable bonds is 15. The van der Waals surface area contributed by atoms with Gasteiger partial charge in [0.2, 0.25) is 0 Å². The highest BCUT2D eigenvalue weighted by Crippen LogP contribution is 2.32. The van der Waals surface area contributed by atoms with E-state index in [9.17, 15) is 24.3 Å². The summed E-state index contributed by atoms with van der Waals surface area (Å²) in [6, 6.07) is 12.7. The lowest BCUT2D eigenvalue weighted by Gasteiger charge is -2.28. The number of ether oxygens (including phenoxy) is 4. The Balaban J connectivity index is 2.20. The fourth-order valence-electron chi connectivity index (χ4n) is 3.91. The summed E-state index contributed by atoms with van der Waals surface area (Å²) < 4.78 is 21.3. The summed E-state index contributed by atoms with van der Waals surface area (Å²) in [6.07, 6.45) is -0.727. The average molecular weight is 572 g/mol. The van der Waals surface area contributed by atoms with Crippen molar-refractivity contribution in [3.8, 4) is 17.2 Å². The van der Waals surface area contributed by atoms with Gasteiger partial charge in [-0.2, -0.15) is 0 Å². The van der Waals surface area contributed by atoms with E-state index in [0.29, 0.717) is 24.3 Å². The number of nitrogens with two attached hydrogens (primary N) is 1. The zero-order valence-corrected chi connectivity index (χ0v) is 24.4. The molecule has 0 aliphatic heterocycles. The second-order valence-corrected chi connectivity index (χ2v) is 11.0. The van der Waals surface area contributed by atoms with Crippen LogP contribution in [0.3, 0.4) is 0 Å². The normalized spacial score (nSPS) is 13.3. The van der Waals surface area contributed by atoms with Gasteiger partial charge >= 0.3 is 24.1 Å². The molecule has 0 fully saturated rings. The molecular weight excluding hydrogens is 530 g/mol. The zero-order valence-electron chi connectivity index (χ0n) is 24.4. The second kappa shape index (κ2) is 15.8. The van der Waals surface area contributed by atoms with Gasteiger partial charge < -0.3 is 29.8 Å². The fraction of sp³-hybridized carbons (Fsp3) is 0.484. The topological polar surface area (TPSA) is 151 Å². The first-order valence-electron chi connectivity index (χ1n) is 13.8. The lowest BCUT2D eigenvalue weighted by Crippen LogP contribution is -2.52. The molecule has 2 rings (SSSR count). The minimum atomic E-state index is -1.85. The Hall–Kier alpha value is -3.92. The number of carboxylic acids is 1. The van der Waals surface area contributed by atoms with E-state index in [1.807, 2.05) is 27.7 Å². The first-order chi connectivity index (χ1) is 19.3. The van der Waals surface area contributed by atoms with Crippen molar-refractivity contribution in [2.45, 2.75) is 84.8 Å². The van der Waals surface area contributed by atoms with Crippen molar-refractivity contribution >= 4 is 24.1 Å². The van der Waals surface area contributed by atoms with E-state index in [2.05, 4.69) is 0 Å². The highest BCUT2D eigenvalue weighted by molar-refractivity contribution is 5.79. The van der Waals surface area contributed by atoms with E-state index >= 15 is 0 Å². The molecule has 2 aromatic carbocycles. The maximum atomic E-state index is 12.5. The molecule has 2 aromatic rings. The molecule has 2 atom stereocenters. The summed E-state index contributed by atoms with van der Waals surface area (Å²) in [5, 5.41) is 9.97. The summed E-state index contributed by atoms with van der Waals surface area (Å²) in [4.78, 5) is 49.3. The van der Waals surface area contributed by atoms with Crippen LogP contribution in [0.2, 0.25) is 0 Å². The number of benzene rings is 2. The summed E-state index contributed by atoms with van der Waals surface area (Å²) in [7, 11) is 0. The highest BCUT2D eigenvalue weighted by atomic mass is 16.7. The lowest BCUT2D eigenvalue weighted by molar-refractivity contribution is -0.144. The van der Waals surface area contributed by atoms with Gasteiger partial charge in [-0.15, -0.1) is 0 Å². The van der Waals surface area contributed by atoms with Crippen molar-refractivity contribution in [3.63, 3.8) is 0 Å². The molecule has 0 aliphatic carbocycles. The van der Waals surface area contributed by atoms with Crippen LogP contribution in [0.4, 0.5) is 4.79 Å². The summed E-state index contributed by atoms with van der Waals surface area (Å²) >= 11 is 0. The van der Waals surface area contributed by atoms with Crippen LogP contribution in [0.1, 0.15) is 72.3 Å². The van der Waals surface area contributed by atoms with E-state index < -0.39 is 35.7 Å². The predicted molar refractivity (Wildman–Crippen MR) is 152 cm³/mol. The summed E-state index contributed by atoms with van der Waals surface area (Å²) in [5.41, 5.74) is 4.87. The number of aliphatic carboxylic acids is 1. The second-order valence-electron chi connectivity index (χ2n) is 11.0. The Morgan fingerprint density at radius 2 is 1.37 bits per heavy atom. The zero-order chi connectivity index (χ0) is 30.6. The third-order valence-corrected chi connectivity index (χ3v) is 6.15. The molecule has 0 bridgehead atoms. The molecule has 0 heterocycles. The minimum Gasteiger partial charge on any atom is -0.480 e. The number of para-hydroxylation sites is 1. The molecule has 0 amide bonds. The Bertz CT molecular complexity index is 1180. The Labute approximate surface area is 241 Å². The third kappa shape index (κ3) is 12.0. The average Bonchev–Trinajstić information content (AvgIpc) is 2.88. The van der Waals surface area contributed by atoms with Crippen LogP contribution in [0, 0.1) is 11.8 Å². The molecule has 0 saturated heterocycles. The van der Waals surface area contributed by atoms with Gasteiger partial charge in [0.15, 0.2) is 11.5 Å². The van der Waals surface area contributed by atoms with Crippen molar-refractivity contribution in [2.24, 2.45) is 17.6 Å². The number of hydrogen-bond donors (Lipinski definition) is 2. The first kappa shape index (κ1) is 33.3. The molecule has 0 aromatic heterocycles. The van der Waals surface area contributed by atoms with E-state index in [-0.39, 0.29) is 48.8 Å². The Morgan fingerprint density at radius 3 is 1.90 bits per heavy atom. The molecule has 0 saturated carbocycles. The van der Waals surface area contributed by atoms with E-state index in [1.54, 1.807) is 36.4 Å². The number of hydrogen-bond acceptors (Lipinski definition) is 9. The van der Waals surface area contributed by atoms with Crippen LogP contribution in [0.25, 0.3) is 0 Å². The van der Waals surface area contributed by atoms with Gasteiger partial charge in [-0.3, -0.25) is 14.4 Å². The van der Waals surface area contributed by atoms with Crippen molar-refractivity contribution < 1.29 is 43.2 Å². The molecule has 0 spiro atoms. The molecule has 0 radical (unpaired) electrons. The standard InChI is InChI=1S/C31H41NO9/c1-20(2)11-15-27(33)40-25-14-13-23(17-26(25)41-28(34)16-12-21(3)4)19-31(32,29(35)36)18-22(5)38-30(37)39-24-9-7-6-8-10-24/h6-10,13-14,17,20-22H,11-12,15-16,18-19,32H2,1-5H3,(H,35,36)/t22-,31?/m0/s1. The van der Waals surface area contributed by atoms with Gasteiger partial charge in [-0.05, 0) is 61.4 Å².